The van der Waals surface area contributed by atoms with Crippen molar-refractivity contribution in [3.8, 4) is 0 Å². The van der Waals surface area contributed by atoms with E-state index >= 15 is 0 Å². The van der Waals surface area contributed by atoms with Crippen LogP contribution in [0.3, 0.4) is 0 Å². The van der Waals surface area contributed by atoms with Gasteiger partial charge in [0.05, 0.1) is 17.3 Å². The molecule has 1 unspecified atom stereocenters. The summed E-state index contributed by atoms with van der Waals surface area (Å²) in [6, 6.07) is 0.906. The molecule has 0 saturated carbocycles. The largest absolute Gasteiger partial charge is 0.396 e. The monoisotopic (exact) mass is 268 g/mol. The molecule has 1 heterocycles. The summed E-state index contributed by atoms with van der Waals surface area (Å²) < 4.78 is 26.4. The number of aromatic amines is 1. The van der Waals surface area contributed by atoms with Gasteiger partial charge in [-0.3, -0.25) is 4.79 Å². The summed E-state index contributed by atoms with van der Waals surface area (Å²) in [6.07, 6.45) is 0. The fourth-order valence-corrected chi connectivity index (χ4v) is 1.43. The van der Waals surface area contributed by atoms with Crippen molar-refractivity contribution in [2.24, 2.45) is 0 Å². The van der Waals surface area contributed by atoms with Gasteiger partial charge in [0, 0.05) is 6.07 Å². The molecule has 0 bridgehead atoms. The van der Waals surface area contributed by atoms with Crippen LogP contribution in [-0.4, -0.2) is 26.5 Å². The molecule has 0 saturated heterocycles. The fraction of sp³-hybridized carbons (Fsp3) is 0.200. The molecular formula is C10H10F2N6O. The molecule has 2 rings (SSSR count). The summed E-state index contributed by atoms with van der Waals surface area (Å²) >= 11 is 0. The molecular weight excluding hydrogens is 258 g/mol. The first-order valence-electron chi connectivity index (χ1n) is 5.27. The van der Waals surface area contributed by atoms with E-state index in [2.05, 4.69) is 25.9 Å². The quantitative estimate of drug-likeness (QED) is 0.704. The lowest BCUT2D eigenvalue weighted by Crippen LogP contribution is -2.28. The summed E-state index contributed by atoms with van der Waals surface area (Å²) in [4.78, 5) is 11.8. The van der Waals surface area contributed by atoms with Gasteiger partial charge in [-0.05, 0) is 13.0 Å². The third-order valence-corrected chi connectivity index (χ3v) is 2.43. The smallest absolute Gasteiger partial charge is 0.254 e. The highest BCUT2D eigenvalue weighted by Crippen LogP contribution is 2.17. The molecule has 1 atom stereocenters. The molecule has 0 radical (unpaired) electrons. The Morgan fingerprint density at radius 3 is 2.79 bits per heavy atom. The zero-order chi connectivity index (χ0) is 14.0. The van der Waals surface area contributed by atoms with Gasteiger partial charge in [0.15, 0.2) is 5.82 Å². The SMILES string of the molecule is CC(NC(=O)c1cc(N)c(F)cc1F)c1nn[nH]n1. The van der Waals surface area contributed by atoms with Crippen LogP contribution in [0.5, 0.6) is 0 Å². The maximum atomic E-state index is 13.5. The van der Waals surface area contributed by atoms with Crippen LogP contribution < -0.4 is 11.1 Å². The molecule has 1 aromatic carbocycles. The maximum Gasteiger partial charge on any atom is 0.254 e. The van der Waals surface area contributed by atoms with Gasteiger partial charge in [0.2, 0.25) is 0 Å². The standard InChI is InChI=1S/C10H10F2N6O/c1-4(9-15-17-18-16-9)14-10(19)5-2-8(13)7(12)3-6(5)11/h2-4H,13H2,1H3,(H,14,19)(H,15,16,17,18). The topological polar surface area (TPSA) is 110 Å². The van der Waals surface area contributed by atoms with Crippen molar-refractivity contribution in [1.29, 1.82) is 0 Å². The summed E-state index contributed by atoms with van der Waals surface area (Å²) in [5.74, 6) is -2.42. The third kappa shape index (κ3) is 2.64. The van der Waals surface area contributed by atoms with Crippen molar-refractivity contribution in [3.05, 3.63) is 35.2 Å². The van der Waals surface area contributed by atoms with Crippen molar-refractivity contribution in [3.63, 3.8) is 0 Å². The van der Waals surface area contributed by atoms with E-state index in [9.17, 15) is 13.6 Å². The zero-order valence-corrected chi connectivity index (χ0v) is 9.82. The highest BCUT2D eigenvalue weighted by atomic mass is 19.1. The Kier molecular flexibility index (Phi) is 3.36. The van der Waals surface area contributed by atoms with E-state index in [-0.39, 0.29) is 17.1 Å². The second-order valence-electron chi connectivity index (χ2n) is 3.82. The number of hydrogen-bond acceptors (Lipinski definition) is 5. The Morgan fingerprint density at radius 2 is 2.16 bits per heavy atom. The predicted octanol–water partition coefficient (Wildman–Crippen LogP) is 0.551. The molecule has 9 heteroatoms. The number of anilines is 1. The summed E-state index contributed by atoms with van der Waals surface area (Å²) in [7, 11) is 0. The normalized spacial score (nSPS) is 12.2. The van der Waals surface area contributed by atoms with Crippen molar-refractivity contribution >= 4 is 11.6 Å². The number of nitrogens with zero attached hydrogens (tertiary/aromatic N) is 3. The van der Waals surface area contributed by atoms with E-state index in [1.54, 1.807) is 6.92 Å². The average molecular weight is 268 g/mol. The number of H-pyrrole nitrogens is 1. The van der Waals surface area contributed by atoms with Gasteiger partial charge < -0.3 is 11.1 Å². The Balaban J connectivity index is 2.19. The van der Waals surface area contributed by atoms with Gasteiger partial charge in [0.1, 0.15) is 11.6 Å². The van der Waals surface area contributed by atoms with Crippen LogP contribution in [0.25, 0.3) is 0 Å². The average Bonchev–Trinajstić information content (AvgIpc) is 2.87. The van der Waals surface area contributed by atoms with E-state index < -0.39 is 23.6 Å². The van der Waals surface area contributed by atoms with Crippen molar-refractivity contribution < 1.29 is 13.6 Å². The fourth-order valence-electron chi connectivity index (χ4n) is 1.43. The summed E-state index contributed by atoms with van der Waals surface area (Å²) in [5.41, 5.74) is 4.63. The minimum Gasteiger partial charge on any atom is -0.396 e. The van der Waals surface area contributed by atoms with E-state index in [0.29, 0.717) is 6.07 Å². The number of nitrogen functional groups attached to an aromatic ring is 1. The Morgan fingerprint density at radius 1 is 1.42 bits per heavy atom. The zero-order valence-electron chi connectivity index (χ0n) is 9.82. The van der Waals surface area contributed by atoms with Crippen LogP contribution in [0.15, 0.2) is 12.1 Å². The number of aromatic nitrogens is 4. The lowest BCUT2D eigenvalue weighted by Gasteiger charge is -2.11. The molecule has 7 nitrogen and oxygen atoms in total. The first-order chi connectivity index (χ1) is 8.99. The molecule has 0 spiro atoms. The molecule has 0 fully saturated rings. The first-order valence-corrected chi connectivity index (χ1v) is 5.27. The second-order valence-corrected chi connectivity index (χ2v) is 3.82. The number of nitrogens with one attached hydrogen (secondary N) is 2. The third-order valence-electron chi connectivity index (χ3n) is 2.43. The molecule has 0 aliphatic rings. The summed E-state index contributed by atoms with van der Waals surface area (Å²) in [6.45, 7) is 1.59. The molecule has 19 heavy (non-hydrogen) atoms. The highest BCUT2D eigenvalue weighted by molar-refractivity contribution is 5.95. The molecule has 0 aliphatic carbocycles. The number of amides is 1. The predicted molar refractivity (Wildman–Crippen MR) is 60.8 cm³/mol. The number of carbonyl (C=O) groups is 1. The van der Waals surface area contributed by atoms with Crippen molar-refractivity contribution in [2.45, 2.75) is 13.0 Å². The lowest BCUT2D eigenvalue weighted by molar-refractivity contribution is 0.0934. The number of benzene rings is 1. The van der Waals surface area contributed by atoms with E-state index in [4.69, 9.17) is 5.73 Å². The van der Waals surface area contributed by atoms with Gasteiger partial charge in [0.25, 0.3) is 5.91 Å². The number of tetrazole rings is 1. The van der Waals surface area contributed by atoms with Crippen LogP contribution in [-0.2, 0) is 0 Å². The van der Waals surface area contributed by atoms with Crippen LogP contribution in [0.1, 0.15) is 29.1 Å². The van der Waals surface area contributed by atoms with Crippen LogP contribution in [0.2, 0.25) is 0 Å². The Hall–Kier alpha value is -2.58. The van der Waals surface area contributed by atoms with Crippen LogP contribution >= 0.6 is 0 Å². The molecule has 0 aliphatic heterocycles. The number of halogens is 2. The number of hydrogen-bond donors (Lipinski definition) is 3. The number of rotatable bonds is 3. The highest BCUT2D eigenvalue weighted by Gasteiger charge is 2.19. The molecule has 4 N–H and O–H groups in total. The molecule has 100 valence electrons. The van der Waals surface area contributed by atoms with E-state index in [1.807, 2.05) is 0 Å². The first kappa shape index (κ1) is 12.9. The van der Waals surface area contributed by atoms with Crippen LogP contribution in [0.4, 0.5) is 14.5 Å². The minimum absolute atomic E-state index is 0.240. The molecule has 1 aromatic heterocycles. The van der Waals surface area contributed by atoms with Gasteiger partial charge in [-0.15, -0.1) is 10.2 Å². The number of carbonyl (C=O) groups excluding carboxylic acids is 1. The van der Waals surface area contributed by atoms with Gasteiger partial charge in [-0.1, -0.05) is 5.21 Å². The maximum absolute atomic E-state index is 13.5. The number of nitrogens with two attached hydrogens (primary N) is 1. The van der Waals surface area contributed by atoms with Gasteiger partial charge >= 0.3 is 0 Å². The van der Waals surface area contributed by atoms with Gasteiger partial charge in [-0.25, -0.2) is 8.78 Å². The van der Waals surface area contributed by atoms with E-state index in [1.165, 1.54) is 0 Å². The Labute approximate surface area is 106 Å². The Bertz CT molecular complexity index is 600. The van der Waals surface area contributed by atoms with E-state index in [0.717, 1.165) is 6.07 Å². The minimum atomic E-state index is -0.996. The van der Waals surface area contributed by atoms with Crippen molar-refractivity contribution in [1.82, 2.24) is 25.9 Å². The lowest BCUT2D eigenvalue weighted by atomic mass is 10.1. The molecule has 1 amide bonds. The van der Waals surface area contributed by atoms with Gasteiger partial charge in [-0.2, -0.15) is 5.21 Å². The van der Waals surface area contributed by atoms with Crippen LogP contribution in [0, 0.1) is 11.6 Å². The second kappa shape index (κ2) is 4.96. The molecule has 2 aromatic rings. The van der Waals surface area contributed by atoms with Crippen molar-refractivity contribution in [2.75, 3.05) is 5.73 Å². The summed E-state index contributed by atoms with van der Waals surface area (Å²) in [5, 5.41) is 15.4.